The van der Waals surface area contributed by atoms with Crippen LogP contribution in [0.4, 0.5) is 5.69 Å². The Labute approximate surface area is 106 Å². The summed E-state index contributed by atoms with van der Waals surface area (Å²) in [6, 6.07) is 1.69. The number of carbonyl (C=O) groups is 1. The van der Waals surface area contributed by atoms with Crippen LogP contribution in [-0.4, -0.2) is 35.3 Å². The van der Waals surface area contributed by atoms with Crippen molar-refractivity contribution in [1.29, 1.82) is 0 Å². The molecular formula is C13H18N2O3. The van der Waals surface area contributed by atoms with Gasteiger partial charge in [0.1, 0.15) is 5.56 Å². The second kappa shape index (κ2) is 6.35. The number of carboxylic acids is 1. The Balaban J connectivity index is 1.84. The normalized spacial score (nSPS) is 19.4. The lowest BCUT2D eigenvalue weighted by molar-refractivity contribution is 0.0134. The molecule has 0 saturated carbocycles. The number of rotatable bonds is 5. The molecule has 0 amide bonds. The lowest BCUT2D eigenvalue weighted by atomic mass is 10.1. The molecule has 1 aromatic heterocycles. The van der Waals surface area contributed by atoms with E-state index in [1.165, 1.54) is 12.6 Å². The van der Waals surface area contributed by atoms with Crippen molar-refractivity contribution < 1.29 is 14.6 Å². The highest BCUT2D eigenvalue weighted by atomic mass is 16.5. The van der Waals surface area contributed by atoms with Crippen molar-refractivity contribution in [2.45, 2.75) is 31.8 Å². The minimum Gasteiger partial charge on any atom is -0.478 e. The Kier molecular flexibility index (Phi) is 4.52. The van der Waals surface area contributed by atoms with Crippen LogP contribution < -0.4 is 5.32 Å². The van der Waals surface area contributed by atoms with Crippen LogP contribution in [0, 0.1) is 0 Å². The van der Waals surface area contributed by atoms with Gasteiger partial charge in [0.25, 0.3) is 0 Å². The lowest BCUT2D eigenvalue weighted by Gasteiger charge is -2.22. The maximum atomic E-state index is 11.0. The highest BCUT2D eigenvalue weighted by Gasteiger charge is 2.14. The first-order chi connectivity index (χ1) is 8.77. The Morgan fingerprint density at radius 3 is 3.17 bits per heavy atom. The molecule has 5 nitrogen and oxygen atoms in total. The molecule has 1 saturated heterocycles. The molecule has 1 fully saturated rings. The molecule has 0 bridgehead atoms. The van der Waals surface area contributed by atoms with E-state index in [1.54, 1.807) is 12.3 Å². The van der Waals surface area contributed by atoms with Crippen molar-refractivity contribution in [3.8, 4) is 0 Å². The highest BCUT2D eigenvalue weighted by molar-refractivity contribution is 5.93. The SMILES string of the molecule is O=C(O)c1cnccc1NCCC1CCCCO1. The van der Waals surface area contributed by atoms with Gasteiger partial charge in [-0.2, -0.15) is 0 Å². The molecule has 18 heavy (non-hydrogen) atoms. The number of anilines is 1. The van der Waals surface area contributed by atoms with Gasteiger partial charge < -0.3 is 15.2 Å². The number of aromatic nitrogens is 1. The fourth-order valence-corrected chi connectivity index (χ4v) is 2.12. The lowest BCUT2D eigenvalue weighted by Crippen LogP contribution is -2.22. The van der Waals surface area contributed by atoms with Gasteiger partial charge in [-0.05, 0) is 31.7 Å². The molecule has 0 radical (unpaired) electrons. The van der Waals surface area contributed by atoms with Crippen molar-refractivity contribution in [3.05, 3.63) is 24.0 Å². The molecular weight excluding hydrogens is 232 g/mol. The maximum Gasteiger partial charge on any atom is 0.339 e. The standard InChI is InChI=1S/C13H18N2O3/c16-13(17)11-9-14-6-5-12(11)15-7-4-10-3-1-2-8-18-10/h5-6,9-10H,1-4,7-8H2,(H,14,15)(H,16,17). The number of pyridine rings is 1. The van der Waals surface area contributed by atoms with Crippen molar-refractivity contribution >= 4 is 11.7 Å². The van der Waals surface area contributed by atoms with Crippen molar-refractivity contribution in [2.24, 2.45) is 0 Å². The molecule has 1 atom stereocenters. The maximum absolute atomic E-state index is 11.0. The number of nitrogens with one attached hydrogen (secondary N) is 1. The molecule has 2 rings (SSSR count). The van der Waals surface area contributed by atoms with Gasteiger partial charge in [0.05, 0.1) is 11.8 Å². The largest absolute Gasteiger partial charge is 0.478 e. The van der Waals surface area contributed by atoms with Crippen LogP contribution in [0.15, 0.2) is 18.5 Å². The van der Waals surface area contributed by atoms with Crippen molar-refractivity contribution in [1.82, 2.24) is 4.98 Å². The summed E-state index contributed by atoms with van der Waals surface area (Å²) in [4.78, 5) is 14.8. The summed E-state index contributed by atoms with van der Waals surface area (Å²) < 4.78 is 5.62. The molecule has 2 heterocycles. The molecule has 1 aromatic rings. The van der Waals surface area contributed by atoms with Crippen molar-refractivity contribution in [3.63, 3.8) is 0 Å². The summed E-state index contributed by atoms with van der Waals surface area (Å²) >= 11 is 0. The number of hydrogen-bond donors (Lipinski definition) is 2. The van der Waals surface area contributed by atoms with Gasteiger partial charge >= 0.3 is 5.97 Å². The summed E-state index contributed by atoms with van der Waals surface area (Å²) in [7, 11) is 0. The minimum absolute atomic E-state index is 0.210. The third kappa shape index (κ3) is 3.43. The van der Waals surface area contributed by atoms with E-state index in [0.29, 0.717) is 11.8 Å². The van der Waals surface area contributed by atoms with Crippen LogP contribution in [0.3, 0.4) is 0 Å². The van der Waals surface area contributed by atoms with Gasteiger partial charge in [-0.15, -0.1) is 0 Å². The first-order valence-electron chi connectivity index (χ1n) is 6.30. The molecule has 0 aromatic carbocycles. The number of carboxylic acid groups (broad SMARTS) is 1. The molecule has 2 N–H and O–H groups in total. The topological polar surface area (TPSA) is 71.5 Å². The Bertz CT molecular complexity index is 403. The molecule has 98 valence electrons. The van der Waals surface area contributed by atoms with E-state index in [2.05, 4.69) is 10.3 Å². The van der Waals surface area contributed by atoms with Gasteiger partial charge in [0, 0.05) is 25.5 Å². The Morgan fingerprint density at radius 2 is 2.44 bits per heavy atom. The average Bonchev–Trinajstić information content (AvgIpc) is 2.40. The number of aromatic carboxylic acids is 1. The fourth-order valence-electron chi connectivity index (χ4n) is 2.12. The van der Waals surface area contributed by atoms with Gasteiger partial charge in [-0.25, -0.2) is 4.79 Å². The van der Waals surface area contributed by atoms with Gasteiger partial charge in [0.2, 0.25) is 0 Å². The van der Waals surface area contributed by atoms with Crippen LogP contribution >= 0.6 is 0 Å². The van der Waals surface area contributed by atoms with Crippen molar-refractivity contribution in [2.75, 3.05) is 18.5 Å². The fraction of sp³-hybridized carbons (Fsp3) is 0.538. The first kappa shape index (κ1) is 12.8. The third-order valence-electron chi connectivity index (χ3n) is 3.11. The third-order valence-corrected chi connectivity index (χ3v) is 3.11. The average molecular weight is 250 g/mol. The van der Waals surface area contributed by atoms with Crippen LogP contribution in [0.5, 0.6) is 0 Å². The Morgan fingerprint density at radius 1 is 1.56 bits per heavy atom. The predicted molar refractivity (Wildman–Crippen MR) is 67.9 cm³/mol. The molecule has 1 unspecified atom stereocenters. The summed E-state index contributed by atoms with van der Waals surface area (Å²) in [6.07, 6.45) is 7.64. The first-order valence-corrected chi connectivity index (χ1v) is 6.30. The van der Waals surface area contributed by atoms with E-state index in [-0.39, 0.29) is 5.56 Å². The summed E-state index contributed by atoms with van der Waals surface area (Å²) in [5.41, 5.74) is 0.829. The van der Waals surface area contributed by atoms with Crippen LogP contribution in [0.1, 0.15) is 36.0 Å². The number of ether oxygens (including phenoxy) is 1. The van der Waals surface area contributed by atoms with E-state index in [4.69, 9.17) is 9.84 Å². The zero-order chi connectivity index (χ0) is 12.8. The van der Waals surface area contributed by atoms with Gasteiger partial charge in [-0.1, -0.05) is 0 Å². The summed E-state index contributed by atoms with van der Waals surface area (Å²) in [6.45, 7) is 1.56. The van der Waals surface area contributed by atoms with Gasteiger partial charge in [0.15, 0.2) is 0 Å². The zero-order valence-corrected chi connectivity index (χ0v) is 10.3. The van der Waals surface area contributed by atoms with E-state index in [9.17, 15) is 4.79 Å². The molecule has 0 spiro atoms. The monoisotopic (exact) mass is 250 g/mol. The zero-order valence-electron chi connectivity index (χ0n) is 10.3. The van der Waals surface area contributed by atoms with Crippen LogP contribution in [0.25, 0.3) is 0 Å². The predicted octanol–water partition coefficient (Wildman–Crippen LogP) is 2.15. The Hall–Kier alpha value is -1.62. The highest BCUT2D eigenvalue weighted by Crippen LogP contribution is 2.17. The number of nitrogens with zero attached hydrogens (tertiary/aromatic N) is 1. The molecule has 0 aliphatic carbocycles. The summed E-state index contributed by atoms with van der Waals surface area (Å²) in [5, 5.41) is 12.2. The molecule has 1 aliphatic heterocycles. The second-order valence-corrected chi connectivity index (χ2v) is 4.43. The van der Waals surface area contributed by atoms with E-state index in [1.807, 2.05) is 0 Å². The number of hydrogen-bond acceptors (Lipinski definition) is 4. The van der Waals surface area contributed by atoms with E-state index >= 15 is 0 Å². The molecule has 5 heteroatoms. The minimum atomic E-state index is -0.959. The second-order valence-electron chi connectivity index (χ2n) is 4.43. The van der Waals surface area contributed by atoms with Crippen LogP contribution in [-0.2, 0) is 4.74 Å². The van der Waals surface area contributed by atoms with Crippen LogP contribution in [0.2, 0.25) is 0 Å². The quantitative estimate of drug-likeness (QED) is 0.837. The van der Waals surface area contributed by atoms with E-state index in [0.717, 1.165) is 32.4 Å². The molecule has 1 aliphatic rings. The van der Waals surface area contributed by atoms with E-state index < -0.39 is 5.97 Å². The van der Waals surface area contributed by atoms with Gasteiger partial charge in [-0.3, -0.25) is 4.98 Å². The smallest absolute Gasteiger partial charge is 0.339 e. The summed E-state index contributed by atoms with van der Waals surface area (Å²) in [5.74, 6) is -0.959.